The number of carbonyl (C=O) groups excluding carboxylic acids is 2. The van der Waals surface area contributed by atoms with Gasteiger partial charge in [0.05, 0.1) is 31.0 Å². The van der Waals surface area contributed by atoms with E-state index in [1.165, 1.54) is 38.5 Å². The number of nitrogens with one attached hydrogen (secondary N) is 1. The van der Waals surface area contributed by atoms with E-state index in [0.29, 0.717) is 5.75 Å². The molecule has 23 heavy (non-hydrogen) atoms. The lowest BCUT2D eigenvalue weighted by Gasteiger charge is -2.12. The van der Waals surface area contributed by atoms with Crippen molar-refractivity contribution >= 4 is 17.6 Å². The molecule has 0 unspecified atom stereocenters. The Bertz CT molecular complexity index is 756. The molecular formula is C16H15NO6. The Labute approximate surface area is 132 Å². The molecule has 7 heteroatoms. The SMILES string of the molecule is COC(=O)c1ccc(OC)cc1NC(=O)c1ccc(O)cc1O. The molecule has 3 N–H and O–H groups in total. The second-order valence-corrected chi connectivity index (χ2v) is 4.56. The molecule has 0 radical (unpaired) electrons. The molecule has 120 valence electrons. The summed E-state index contributed by atoms with van der Waals surface area (Å²) in [7, 11) is 2.68. The van der Waals surface area contributed by atoms with Crippen molar-refractivity contribution in [2.75, 3.05) is 19.5 Å². The van der Waals surface area contributed by atoms with E-state index < -0.39 is 11.9 Å². The summed E-state index contributed by atoms with van der Waals surface area (Å²) in [6, 6.07) is 8.04. The summed E-state index contributed by atoms with van der Waals surface area (Å²) in [5.41, 5.74) is 0.259. The van der Waals surface area contributed by atoms with Gasteiger partial charge in [-0.25, -0.2) is 4.79 Å². The van der Waals surface area contributed by atoms with Crippen molar-refractivity contribution in [1.29, 1.82) is 0 Å². The van der Waals surface area contributed by atoms with Gasteiger partial charge in [0.15, 0.2) is 0 Å². The number of benzene rings is 2. The summed E-state index contributed by atoms with van der Waals surface area (Å²) in [6.45, 7) is 0. The number of amides is 1. The average Bonchev–Trinajstić information content (AvgIpc) is 2.53. The van der Waals surface area contributed by atoms with Crippen molar-refractivity contribution in [1.82, 2.24) is 0 Å². The first-order valence-electron chi connectivity index (χ1n) is 6.56. The highest BCUT2D eigenvalue weighted by atomic mass is 16.5. The Hall–Kier alpha value is -3.22. The number of hydrogen-bond acceptors (Lipinski definition) is 6. The molecule has 0 saturated heterocycles. The van der Waals surface area contributed by atoms with E-state index in [9.17, 15) is 19.8 Å². The Balaban J connectivity index is 2.37. The zero-order valence-electron chi connectivity index (χ0n) is 12.5. The molecule has 0 aliphatic heterocycles. The van der Waals surface area contributed by atoms with Crippen LogP contribution in [0, 0.1) is 0 Å². The largest absolute Gasteiger partial charge is 0.508 e. The van der Waals surface area contributed by atoms with Crippen molar-refractivity contribution in [2.24, 2.45) is 0 Å². The fourth-order valence-corrected chi connectivity index (χ4v) is 1.94. The molecule has 0 aromatic heterocycles. The summed E-state index contributed by atoms with van der Waals surface area (Å²) >= 11 is 0. The molecule has 0 heterocycles. The molecule has 0 saturated carbocycles. The molecule has 0 fully saturated rings. The number of ether oxygens (including phenoxy) is 2. The number of rotatable bonds is 4. The third-order valence-corrected chi connectivity index (χ3v) is 3.11. The highest BCUT2D eigenvalue weighted by molar-refractivity contribution is 6.09. The highest BCUT2D eigenvalue weighted by Crippen LogP contribution is 2.27. The van der Waals surface area contributed by atoms with E-state index in [-0.39, 0.29) is 28.3 Å². The number of phenolic OH excluding ortho intramolecular Hbond substituents is 2. The van der Waals surface area contributed by atoms with Crippen molar-refractivity contribution in [3.63, 3.8) is 0 Å². The van der Waals surface area contributed by atoms with Gasteiger partial charge in [-0.3, -0.25) is 4.79 Å². The fraction of sp³-hybridized carbons (Fsp3) is 0.125. The molecule has 2 aromatic rings. The van der Waals surface area contributed by atoms with Crippen molar-refractivity contribution < 1.29 is 29.3 Å². The van der Waals surface area contributed by atoms with Crippen LogP contribution in [0.5, 0.6) is 17.2 Å². The Kier molecular flexibility index (Phi) is 4.70. The van der Waals surface area contributed by atoms with Gasteiger partial charge in [-0.15, -0.1) is 0 Å². The van der Waals surface area contributed by atoms with Crippen molar-refractivity contribution in [3.8, 4) is 17.2 Å². The maximum atomic E-state index is 12.3. The topological polar surface area (TPSA) is 105 Å². The molecule has 0 aliphatic rings. The van der Waals surface area contributed by atoms with Gasteiger partial charge >= 0.3 is 5.97 Å². The number of phenols is 2. The zero-order valence-corrected chi connectivity index (χ0v) is 12.5. The van der Waals surface area contributed by atoms with Crippen LogP contribution in [-0.2, 0) is 4.74 Å². The molecule has 1 amide bonds. The second-order valence-electron chi connectivity index (χ2n) is 4.56. The average molecular weight is 317 g/mol. The summed E-state index contributed by atoms with van der Waals surface area (Å²) in [5.74, 6) is -1.40. The van der Waals surface area contributed by atoms with Gasteiger partial charge in [-0.2, -0.15) is 0 Å². The standard InChI is InChI=1S/C16H15NO6/c1-22-10-4-6-11(16(21)23-2)13(8-10)17-15(20)12-5-3-9(18)7-14(12)19/h3-8,18-19H,1-2H3,(H,17,20). The molecule has 2 rings (SSSR count). The maximum absolute atomic E-state index is 12.3. The lowest BCUT2D eigenvalue weighted by Crippen LogP contribution is -2.15. The molecule has 0 bridgehead atoms. The van der Waals surface area contributed by atoms with Crippen LogP contribution < -0.4 is 10.1 Å². The highest BCUT2D eigenvalue weighted by Gasteiger charge is 2.18. The molecule has 0 atom stereocenters. The second kappa shape index (κ2) is 6.69. The van der Waals surface area contributed by atoms with E-state index in [1.54, 1.807) is 6.07 Å². The van der Waals surface area contributed by atoms with E-state index in [2.05, 4.69) is 10.1 Å². The van der Waals surface area contributed by atoms with Gasteiger partial charge in [-0.1, -0.05) is 0 Å². The third kappa shape index (κ3) is 3.52. The first kappa shape index (κ1) is 16.2. The number of hydrogen-bond donors (Lipinski definition) is 3. The Morgan fingerprint density at radius 3 is 2.30 bits per heavy atom. The van der Waals surface area contributed by atoms with Crippen LogP contribution in [0.25, 0.3) is 0 Å². The fourth-order valence-electron chi connectivity index (χ4n) is 1.94. The first-order valence-corrected chi connectivity index (χ1v) is 6.56. The monoisotopic (exact) mass is 317 g/mol. The van der Waals surface area contributed by atoms with Gasteiger partial charge in [0.1, 0.15) is 17.2 Å². The Morgan fingerprint density at radius 2 is 1.70 bits per heavy atom. The summed E-state index contributed by atoms with van der Waals surface area (Å²) < 4.78 is 9.73. The molecule has 0 aliphatic carbocycles. The predicted molar refractivity (Wildman–Crippen MR) is 82.1 cm³/mol. The van der Waals surface area contributed by atoms with E-state index in [1.807, 2.05) is 0 Å². The molecule has 7 nitrogen and oxygen atoms in total. The lowest BCUT2D eigenvalue weighted by molar-refractivity contribution is 0.0602. The third-order valence-electron chi connectivity index (χ3n) is 3.11. The maximum Gasteiger partial charge on any atom is 0.339 e. The first-order chi connectivity index (χ1) is 11.0. The summed E-state index contributed by atoms with van der Waals surface area (Å²) in [6.07, 6.45) is 0. The van der Waals surface area contributed by atoms with Gasteiger partial charge in [-0.05, 0) is 24.3 Å². The van der Waals surface area contributed by atoms with Gasteiger partial charge < -0.3 is 25.0 Å². The van der Waals surface area contributed by atoms with Crippen LogP contribution in [0.15, 0.2) is 36.4 Å². The van der Waals surface area contributed by atoms with Crippen molar-refractivity contribution in [3.05, 3.63) is 47.5 Å². The molecular weight excluding hydrogens is 302 g/mol. The smallest absolute Gasteiger partial charge is 0.339 e. The molecule has 0 spiro atoms. The minimum absolute atomic E-state index is 0.0542. The van der Waals surface area contributed by atoms with Gasteiger partial charge in [0.2, 0.25) is 0 Å². The minimum atomic E-state index is -0.652. The number of carbonyl (C=O) groups is 2. The lowest BCUT2D eigenvalue weighted by atomic mass is 10.1. The summed E-state index contributed by atoms with van der Waals surface area (Å²) in [4.78, 5) is 24.0. The van der Waals surface area contributed by atoms with E-state index >= 15 is 0 Å². The van der Waals surface area contributed by atoms with Crippen LogP contribution >= 0.6 is 0 Å². The normalized spacial score (nSPS) is 10.0. The van der Waals surface area contributed by atoms with Crippen molar-refractivity contribution in [2.45, 2.75) is 0 Å². The van der Waals surface area contributed by atoms with Gasteiger partial charge in [0, 0.05) is 12.1 Å². The van der Waals surface area contributed by atoms with Crippen LogP contribution in [0.2, 0.25) is 0 Å². The van der Waals surface area contributed by atoms with E-state index in [4.69, 9.17) is 4.74 Å². The Morgan fingerprint density at radius 1 is 1.00 bits per heavy atom. The van der Waals surface area contributed by atoms with Crippen LogP contribution in [-0.4, -0.2) is 36.3 Å². The number of methoxy groups -OCH3 is 2. The quantitative estimate of drug-likeness (QED) is 0.746. The number of aromatic hydroxyl groups is 2. The van der Waals surface area contributed by atoms with Crippen LogP contribution in [0.3, 0.4) is 0 Å². The van der Waals surface area contributed by atoms with Crippen LogP contribution in [0.1, 0.15) is 20.7 Å². The molecule has 2 aromatic carbocycles. The summed E-state index contributed by atoms with van der Waals surface area (Å²) in [5, 5.41) is 21.5. The zero-order chi connectivity index (χ0) is 17.0. The number of esters is 1. The van der Waals surface area contributed by atoms with E-state index in [0.717, 1.165) is 6.07 Å². The van der Waals surface area contributed by atoms with Crippen LogP contribution in [0.4, 0.5) is 5.69 Å². The minimum Gasteiger partial charge on any atom is -0.508 e. The predicted octanol–water partition coefficient (Wildman–Crippen LogP) is 2.15. The number of anilines is 1. The van der Waals surface area contributed by atoms with Gasteiger partial charge in [0.25, 0.3) is 5.91 Å².